The highest BCUT2D eigenvalue weighted by Crippen LogP contribution is 2.56. The largest absolute Gasteiger partial charge is 0.507 e. The number of aromatic hydroxyl groups is 2. The molecule has 0 radical (unpaired) electrons. The van der Waals surface area contributed by atoms with E-state index < -0.39 is 141 Å². The number of phenols is 2. The van der Waals surface area contributed by atoms with Gasteiger partial charge in [0.1, 0.15) is 17.6 Å². The first-order valence-corrected chi connectivity index (χ1v) is 18.3. The lowest BCUT2D eigenvalue weighted by molar-refractivity contribution is -0.206. The van der Waals surface area contributed by atoms with E-state index in [9.17, 15) is 54.6 Å². The molecule has 7 rings (SSSR count). The summed E-state index contributed by atoms with van der Waals surface area (Å²) in [5.74, 6) is -8.49. The molecule has 17 heteroatoms. The Morgan fingerprint density at radius 3 is 2.33 bits per heavy atom. The van der Waals surface area contributed by atoms with E-state index in [1.165, 1.54) is 20.1 Å². The van der Waals surface area contributed by atoms with E-state index in [0.717, 1.165) is 13.2 Å². The molecule has 0 spiro atoms. The van der Waals surface area contributed by atoms with Gasteiger partial charge in [0.25, 0.3) is 5.91 Å². The van der Waals surface area contributed by atoms with Crippen molar-refractivity contribution in [1.29, 1.82) is 0 Å². The van der Waals surface area contributed by atoms with E-state index in [2.05, 4.69) is 10.3 Å². The number of fused-ring (bicyclic) bond motifs is 5. The first-order chi connectivity index (χ1) is 27.0. The molecule has 1 heterocycles. The normalized spacial score (nSPS) is 30.1. The van der Waals surface area contributed by atoms with Gasteiger partial charge in [-0.3, -0.25) is 29.0 Å². The van der Waals surface area contributed by atoms with Crippen LogP contribution < -0.4 is 5.32 Å². The SMILES string of the molecule is CO[C@@H]1[C@@H](O)[C@@H](CO)[C@@H](N=C2CC(=O)c3c(cc4c(c3O)C(=O)[C@]3(OC)[C@H](O)Cc5cc(C)c(C(=O)NCc6ccc(Cl)cc6)c(O)c5[C@]3(O)C4=O)C2=O)O[C@H]1C. The maximum Gasteiger partial charge on any atom is 0.255 e. The third kappa shape index (κ3) is 5.77. The minimum absolute atomic E-state index is 0.00701. The van der Waals surface area contributed by atoms with Crippen molar-refractivity contribution in [2.45, 2.75) is 75.1 Å². The number of aryl methyl sites for hydroxylation is 1. The number of carbonyl (C=O) groups is 5. The van der Waals surface area contributed by atoms with Crippen LogP contribution in [-0.2, 0) is 32.8 Å². The number of aliphatic hydroxyl groups is 4. The lowest BCUT2D eigenvalue weighted by Gasteiger charge is -2.53. The number of ketones is 4. The zero-order valence-electron chi connectivity index (χ0n) is 31.0. The molecule has 300 valence electrons. The number of aliphatic hydroxyl groups excluding tert-OH is 3. The van der Waals surface area contributed by atoms with Crippen molar-refractivity contribution in [2.24, 2.45) is 10.9 Å². The highest BCUT2D eigenvalue weighted by Gasteiger charge is 2.72. The van der Waals surface area contributed by atoms with E-state index in [-0.39, 0.29) is 23.2 Å². The Hall–Kier alpha value is -4.91. The highest BCUT2D eigenvalue weighted by molar-refractivity contribution is 6.53. The molecule has 4 aliphatic rings. The molecule has 8 atom stereocenters. The number of methoxy groups -OCH3 is 2. The molecule has 3 aromatic carbocycles. The minimum atomic E-state index is -3.27. The number of rotatable bonds is 7. The number of hydrogen-bond donors (Lipinski definition) is 7. The summed E-state index contributed by atoms with van der Waals surface area (Å²) in [5, 5.41) is 71.7. The van der Waals surface area contributed by atoms with Gasteiger partial charge in [-0.05, 0) is 48.7 Å². The van der Waals surface area contributed by atoms with Crippen molar-refractivity contribution in [3.8, 4) is 11.5 Å². The van der Waals surface area contributed by atoms with Gasteiger partial charge in [0.2, 0.25) is 17.3 Å². The highest BCUT2D eigenvalue weighted by atomic mass is 35.5. The number of hydrogen-bond acceptors (Lipinski definition) is 15. The first-order valence-electron chi connectivity index (χ1n) is 17.9. The maximum absolute atomic E-state index is 14.8. The van der Waals surface area contributed by atoms with Gasteiger partial charge < -0.3 is 50.2 Å². The Morgan fingerprint density at radius 2 is 1.70 bits per heavy atom. The van der Waals surface area contributed by atoms with Crippen LogP contribution in [0.5, 0.6) is 11.5 Å². The van der Waals surface area contributed by atoms with E-state index in [0.29, 0.717) is 10.6 Å². The van der Waals surface area contributed by atoms with Gasteiger partial charge in [0, 0.05) is 48.9 Å². The third-order valence-electron chi connectivity index (χ3n) is 11.6. The number of amides is 1. The number of aliphatic imine (C=N–C) groups is 1. The molecule has 57 heavy (non-hydrogen) atoms. The van der Waals surface area contributed by atoms with Crippen LogP contribution in [0.15, 0.2) is 41.4 Å². The standard InChI is InChI=1S/C40H39ClN2O14/c1-15-9-18-10-25(46)40(56-4)36(52)28-21(35(51)39(40,54)29(18)33(50)26(15)37(53)42-13-17-5-7-19(41)8-6-17)11-20-27(32(28)49)24(45)12-23(30(20)47)43-38-22(14-44)31(48)34(55-3)16(2)57-38/h5-9,11,16,22,25,31,34,38,44,46,48-50,54H,10,12-14H2,1-4H3,(H,42,53)/t16-,22+,25+,31-,34-,38-,39-,40+/m0/s1. The molecule has 1 fully saturated rings. The fourth-order valence-electron chi connectivity index (χ4n) is 8.74. The van der Waals surface area contributed by atoms with Crippen molar-refractivity contribution in [3.63, 3.8) is 0 Å². The monoisotopic (exact) mass is 806 g/mol. The Kier molecular flexibility index (Phi) is 10.2. The van der Waals surface area contributed by atoms with Gasteiger partial charge in [-0.25, -0.2) is 0 Å². The minimum Gasteiger partial charge on any atom is -0.507 e. The number of nitrogens with one attached hydrogen (secondary N) is 1. The Labute approximate surface area is 329 Å². The van der Waals surface area contributed by atoms with Crippen molar-refractivity contribution >= 4 is 46.4 Å². The molecule has 3 aliphatic carbocycles. The Morgan fingerprint density at radius 1 is 1.02 bits per heavy atom. The van der Waals surface area contributed by atoms with Crippen LogP contribution in [0.4, 0.5) is 0 Å². The number of benzene rings is 3. The van der Waals surface area contributed by atoms with Crippen LogP contribution in [0.3, 0.4) is 0 Å². The summed E-state index contributed by atoms with van der Waals surface area (Å²) >= 11 is 5.96. The summed E-state index contributed by atoms with van der Waals surface area (Å²) in [6.07, 6.45) is -7.35. The maximum atomic E-state index is 14.8. The number of halogens is 1. The molecule has 0 unspecified atom stereocenters. The molecule has 16 nitrogen and oxygen atoms in total. The van der Waals surface area contributed by atoms with Gasteiger partial charge in [-0.2, -0.15) is 0 Å². The van der Waals surface area contributed by atoms with E-state index >= 15 is 0 Å². The molecule has 3 aromatic rings. The van der Waals surface area contributed by atoms with Crippen LogP contribution in [0.25, 0.3) is 0 Å². The second-order valence-corrected chi connectivity index (χ2v) is 15.1. The zero-order valence-corrected chi connectivity index (χ0v) is 31.8. The second-order valence-electron chi connectivity index (χ2n) is 14.6. The molecular formula is C40H39ClN2O14. The summed E-state index contributed by atoms with van der Waals surface area (Å²) in [6, 6.07) is 8.78. The summed E-state index contributed by atoms with van der Waals surface area (Å²) in [7, 11) is 2.27. The number of carbonyl (C=O) groups excluding carboxylic acids is 5. The Bertz CT molecular complexity index is 2290. The number of phenolic OH excluding ortho intramolecular Hbond substituents is 2. The van der Waals surface area contributed by atoms with Crippen LogP contribution in [0.2, 0.25) is 5.02 Å². The fraction of sp³-hybridized carbons (Fsp3) is 0.400. The quantitative estimate of drug-likeness (QED) is 0.179. The Balaban J connectivity index is 1.35. The second kappa shape index (κ2) is 14.5. The summed E-state index contributed by atoms with van der Waals surface area (Å²) in [6.45, 7) is 2.42. The smallest absolute Gasteiger partial charge is 0.255 e. The van der Waals surface area contributed by atoms with Gasteiger partial charge >= 0.3 is 0 Å². The zero-order chi connectivity index (χ0) is 41.5. The van der Waals surface area contributed by atoms with Gasteiger partial charge in [0.05, 0.1) is 59.7 Å². The van der Waals surface area contributed by atoms with Crippen LogP contribution >= 0.6 is 11.6 Å². The van der Waals surface area contributed by atoms with Crippen molar-refractivity contribution in [2.75, 3.05) is 20.8 Å². The lowest BCUT2D eigenvalue weighted by atomic mass is 9.56. The molecule has 0 saturated carbocycles. The van der Waals surface area contributed by atoms with Crippen molar-refractivity contribution in [1.82, 2.24) is 5.32 Å². The molecule has 0 aromatic heterocycles. The van der Waals surface area contributed by atoms with E-state index in [1.807, 2.05) is 0 Å². The number of nitrogens with zero attached hydrogens (tertiary/aromatic N) is 1. The van der Waals surface area contributed by atoms with Crippen molar-refractivity contribution in [3.05, 3.63) is 91.5 Å². The summed E-state index contributed by atoms with van der Waals surface area (Å²) in [4.78, 5) is 75.1. The van der Waals surface area contributed by atoms with E-state index in [4.69, 9.17) is 25.8 Å². The molecule has 1 aliphatic heterocycles. The molecule has 0 bridgehead atoms. The van der Waals surface area contributed by atoms with Gasteiger partial charge in [0.15, 0.2) is 23.2 Å². The van der Waals surface area contributed by atoms with Crippen LogP contribution in [0.1, 0.15) is 87.4 Å². The lowest BCUT2D eigenvalue weighted by Crippen LogP contribution is -2.73. The predicted octanol–water partition coefficient (Wildman–Crippen LogP) is 1.50. The van der Waals surface area contributed by atoms with Crippen molar-refractivity contribution < 1.29 is 68.8 Å². The average Bonchev–Trinajstić information content (AvgIpc) is 3.15. The van der Waals surface area contributed by atoms with Gasteiger partial charge in [-0.15, -0.1) is 0 Å². The molecule has 1 amide bonds. The summed E-state index contributed by atoms with van der Waals surface area (Å²) < 4.78 is 16.7. The summed E-state index contributed by atoms with van der Waals surface area (Å²) in [5.41, 5.74) is -9.51. The third-order valence-corrected chi connectivity index (χ3v) is 11.8. The number of ether oxygens (including phenoxy) is 3. The predicted molar refractivity (Wildman–Crippen MR) is 198 cm³/mol. The molecular weight excluding hydrogens is 768 g/mol. The molecule has 1 saturated heterocycles. The van der Waals surface area contributed by atoms with Crippen LogP contribution in [-0.4, -0.2) is 122 Å². The average molecular weight is 807 g/mol. The van der Waals surface area contributed by atoms with Crippen LogP contribution in [0, 0.1) is 12.8 Å². The van der Waals surface area contributed by atoms with E-state index in [1.54, 1.807) is 31.2 Å². The topological polar surface area (TPSA) is 259 Å². The first kappa shape index (κ1) is 40.3. The fourth-order valence-corrected chi connectivity index (χ4v) is 8.87. The van der Waals surface area contributed by atoms with Gasteiger partial charge in [-0.1, -0.05) is 29.8 Å². The number of Topliss-reactive ketones (excluding diaryl/α,β-unsaturated/α-hetero) is 4. The molecule has 7 N–H and O–H groups in total.